The van der Waals surface area contributed by atoms with Gasteiger partial charge in [-0.1, -0.05) is 0 Å². The van der Waals surface area contributed by atoms with Crippen molar-refractivity contribution in [3.8, 4) is 0 Å². The summed E-state index contributed by atoms with van der Waals surface area (Å²) in [6.45, 7) is 5.00. The first kappa shape index (κ1) is 16.9. The normalized spacial score (nSPS) is 18.4. The molecule has 0 spiro atoms. The second-order valence-electron chi connectivity index (χ2n) is 4.55. The van der Waals surface area contributed by atoms with Crippen molar-refractivity contribution < 1.29 is 22.8 Å². The summed E-state index contributed by atoms with van der Waals surface area (Å²) < 4.78 is 22.8. The first-order chi connectivity index (χ1) is 9.39. The molecule has 0 radical (unpaired) electrons. The van der Waals surface area contributed by atoms with Crippen molar-refractivity contribution in [1.29, 1.82) is 0 Å². The van der Waals surface area contributed by atoms with E-state index in [1.54, 1.807) is 4.90 Å². The Bertz CT molecular complexity index is 445. The minimum Gasteiger partial charge on any atom is -0.343 e. The minimum atomic E-state index is -3.13. The Morgan fingerprint density at radius 1 is 1.15 bits per heavy atom. The van der Waals surface area contributed by atoms with Crippen molar-refractivity contribution in [2.24, 2.45) is 0 Å². The van der Waals surface area contributed by atoms with E-state index < -0.39 is 9.84 Å². The molecule has 0 atom stereocenters. The molecule has 116 valence electrons. The molecule has 0 aromatic carbocycles. The molecular weight excluding hydrogens is 284 g/mol. The number of carbonyl (C=O) groups excluding carboxylic acids is 2. The van der Waals surface area contributed by atoms with E-state index >= 15 is 0 Å². The molecule has 1 fully saturated rings. The maximum absolute atomic E-state index is 11.9. The molecule has 1 saturated heterocycles. The zero-order chi connectivity index (χ0) is 15.2. The van der Waals surface area contributed by atoms with Crippen LogP contribution in [0.1, 0.15) is 26.7 Å². The van der Waals surface area contributed by atoms with Crippen LogP contribution in [0.4, 0.5) is 0 Å². The van der Waals surface area contributed by atoms with Gasteiger partial charge in [-0.2, -0.15) is 0 Å². The van der Waals surface area contributed by atoms with Gasteiger partial charge in [-0.15, -0.1) is 0 Å². The van der Waals surface area contributed by atoms with Crippen LogP contribution in [0.5, 0.6) is 0 Å². The number of hydrogen-bond acceptors (Lipinski definition) is 5. The van der Waals surface area contributed by atoms with E-state index in [0.29, 0.717) is 13.1 Å². The molecule has 0 bridgehead atoms. The largest absolute Gasteiger partial charge is 0.343 e. The summed E-state index contributed by atoms with van der Waals surface area (Å²) in [5.41, 5.74) is 0. The van der Waals surface area contributed by atoms with Crippen LogP contribution in [0, 0.1) is 0 Å². The predicted octanol–water partition coefficient (Wildman–Crippen LogP) is -0.176. The SMILES string of the molecule is CCN(CC)C(=O)CCC(=O)N1CCS(=O)(=O)CCO1. The van der Waals surface area contributed by atoms with Crippen LogP contribution >= 0.6 is 0 Å². The highest BCUT2D eigenvalue weighted by Gasteiger charge is 2.24. The van der Waals surface area contributed by atoms with E-state index in [1.807, 2.05) is 13.8 Å². The minimum absolute atomic E-state index is 0.0158. The Hall–Kier alpha value is -1.15. The molecule has 0 saturated carbocycles. The topological polar surface area (TPSA) is 84.0 Å². The summed E-state index contributed by atoms with van der Waals surface area (Å²) in [6.07, 6.45) is 0.155. The van der Waals surface area contributed by atoms with Gasteiger partial charge in [0.2, 0.25) is 11.8 Å². The summed E-state index contributed by atoms with van der Waals surface area (Å²) >= 11 is 0. The number of sulfone groups is 1. The summed E-state index contributed by atoms with van der Waals surface area (Å²) in [6, 6.07) is 0. The average molecular weight is 306 g/mol. The average Bonchev–Trinajstić information content (AvgIpc) is 2.58. The van der Waals surface area contributed by atoms with Gasteiger partial charge < -0.3 is 4.90 Å². The zero-order valence-corrected chi connectivity index (χ0v) is 12.8. The summed E-state index contributed by atoms with van der Waals surface area (Å²) in [5, 5.41) is 1.07. The standard InChI is InChI=1S/C12H22N2O5S/c1-3-13(4-2)11(15)5-6-12(16)14-7-9-20(17,18)10-8-19-14/h3-10H2,1-2H3. The van der Waals surface area contributed by atoms with Crippen molar-refractivity contribution in [3.63, 3.8) is 0 Å². The highest BCUT2D eigenvalue weighted by atomic mass is 32.2. The first-order valence-electron chi connectivity index (χ1n) is 6.81. The lowest BCUT2D eigenvalue weighted by Crippen LogP contribution is -2.35. The molecule has 1 rings (SSSR count). The van der Waals surface area contributed by atoms with Crippen molar-refractivity contribution in [2.45, 2.75) is 26.7 Å². The predicted molar refractivity (Wildman–Crippen MR) is 73.5 cm³/mol. The number of nitrogens with zero attached hydrogens (tertiary/aromatic N) is 2. The fourth-order valence-corrected chi connectivity index (χ4v) is 2.91. The summed E-state index contributed by atoms with van der Waals surface area (Å²) in [4.78, 5) is 30.5. The van der Waals surface area contributed by atoms with Crippen LogP contribution in [0.2, 0.25) is 0 Å². The molecule has 20 heavy (non-hydrogen) atoms. The van der Waals surface area contributed by atoms with Gasteiger partial charge in [-0.3, -0.25) is 14.4 Å². The molecule has 0 aliphatic carbocycles. The molecule has 0 N–H and O–H groups in total. The molecule has 1 heterocycles. The Kier molecular flexibility index (Phi) is 6.41. The molecule has 0 unspecified atom stereocenters. The van der Waals surface area contributed by atoms with E-state index in [4.69, 9.17) is 4.84 Å². The van der Waals surface area contributed by atoms with Gasteiger partial charge in [0, 0.05) is 25.9 Å². The van der Waals surface area contributed by atoms with Crippen molar-refractivity contribution in [1.82, 2.24) is 9.96 Å². The van der Waals surface area contributed by atoms with Crippen LogP contribution < -0.4 is 0 Å². The molecule has 1 aliphatic heterocycles. The number of hydrogen-bond donors (Lipinski definition) is 0. The quantitative estimate of drug-likeness (QED) is 0.704. The van der Waals surface area contributed by atoms with Gasteiger partial charge in [0.05, 0.1) is 24.7 Å². The van der Waals surface area contributed by atoms with Crippen LogP contribution in [-0.4, -0.2) is 67.9 Å². The number of rotatable bonds is 5. The van der Waals surface area contributed by atoms with Gasteiger partial charge in [-0.25, -0.2) is 13.5 Å². The Morgan fingerprint density at radius 2 is 1.80 bits per heavy atom. The van der Waals surface area contributed by atoms with Crippen LogP contribution in [0.3, 0.4) is 0 Å². The van der Waals surface area contributed by atoms with Crippen molar-refractivity contribution in [2.75, 3.05) is 37.7 Å². The van der Waals surface area contributed by atoms with E-state index in [1.165, 1.54) is 0 Å². The fraction of sp³-hybridized carbons (Fsp3) is 0.833. The summed E-state index contributed by atoms with van der Waals surface area (Å²) in [5.74, 6) is -0.592. The smallest absolute Gasteiger partial charge is 0.246 e. The van der Waals surface area contributed by atoms with Gasteiger partial charge >= 0.3 is 0 Å². The highest BCUT2D eigenvalue weighted by molar-refractivity contribution is 7.91. The lowest BCUT2D eigenvalue weighted by molar-refractivity contribution is -0.182. The molecule has 0 aromatic heterocycles. The maximum Gasteiger partial charge on any atom is 0.246 e. The number of hydroxylamine groups is 2. The van der Waals surface area contributed by atoms with Gasteiger partial charge in [0.1, 0.15) is 0 Å². The third-order valence-electron chi connectivity index (χ3n) is 3.19. The molecule has 7 nitrogen and oxygen atoms in total. The highest BCUT2D eigenvalue weighted by Crippen LogP contribution is 2.07. The van der Waals surface area contributed by atoms with Crippen LogP contribution in [0.15, 0.2) is 0 Å². The Labute approximate surface area is 119 Å². The summed E-state index contributed by atoms with van der Waals surface area (Å²) in [7, 11) is -3.13. The zero-order valence-electron chi connectivity index (χ0n) is 12.0. The maximum atomic E-state index is 11.9. The first-order valence-corrected chi connectivity index (χ1v) is 8.63. The van der Waals surface area contributed by atoms with E-state index in [0.717, 1.165) is 5.06 Å². The third kappa shape index (κ3) is 5.09. The lowest BCUT2D eigenvalue weighted by atomic mass is 10.2. The van der Waals surface area contributed by atoms with Gasteiger partial charge in [0.25, 0.3) is 0 Å². The second-order valence-corrected chi connectivity index (χ2v) is 6.85. The van der Waals surface area contributed by atoms with Crippen molar-refractivity contribution >= 4 is 21.7 Å². The van der Waals surface area contributed by atoms with Crippen molar-refractivity contribution in [3.05, 3.63) is 0 Å². The van der Waals surface area contributed by atoms with Crippen LogP contribution in [0.25, 0.3) is 0 Å². The second kappa shape index (κ2) is 7.58. The molecule has 8 heteroatoms. The van der Waals surface area contributed by atoms with E-state index in [2.05, 4.69) is 0 Å². The number of amides is 2. The Morgan fingerprint density at radius 3 is 2.40 bits per heavy atom. The molecule has 2 amide bonds. The van der Waals surface area contributed by atoms with Gasteiger partial charge in [0.15, 0.2) is 9.84 Å². The van der Waals surface area contributed by atoms with E-state index in [9.17, 15) is 18.0 Å². The van der Waals surface area contributed by atoms with Gasteiger partial charge in [-0.05, 0) is 13.8 Å². The monoisotopic (exact) mass is 306 g/mol. The lowest BCUT2D eigenvalue weighted by Gasteiger charge is -2.21. The Balaban J connectivity index is 2.45. The van der Waals surface area contributed by atoms with E-state index in [-0.39, 0.29) is 49.3 Å². The third-order valence-corrected chi connectivity index (χ3v) is 4.79. The molecule has 0 aromatic rings. The van der Waals surface area contributed by atoms with Crippen LogP contribution in [-0.2, 0) is 24.3 Å². The molecule has 1 aliphatic rings. The molecular formula is C12H22N2O5S. The number of carbonyl (C=O) groups is 2. The fourth-order valence-electron chi connectivity index (χ4n) is 1.93.